The molecule has 6 heteroatoms. The lowest BCUT2D eigenvalue weighted by Gasteiger charge is -1.92. The van der Waals surface area contributed by atoms with Gasteiger partial charge in [0.25, 0.3) is 0 Å². The second kappa shape index (κ2) is 3.61. The number of thiocarbonyl (C=S) groups is 1. The number of hydrogen-bond donors (Lipinski definition) is 1. The minimum absolute atomic E-state index is 0.267. The maximum absolute atomic E-state index is 10.8. The number of hydrogen-bond acceptors (Lipinski definition) is 4. The van der Waals surface area contributed by atoms with Crippen molar-refractivity contribution in [2.75, 3.05) is 0 Å². The number of benzene rings is 1. The van der Waals surface area contributed by atoms with Crippen LogP contribution in [0.15, 0.2) is 29.3 Å². The van der Waals surface area contributed by atoms with Crippen LogP contribution in [0, 0.1) is 0 Å². The van der Waals surface area contributed by atoms with Gasteiger partial charge in [0.05, 0.1) is 10.7 Å². The molecule has 0 unspecified atom stereocenters. The molecule has 0 fully saturated rings. The Labute approximate surface area is 89.7 Å². The number of carbonyl (C=O) groups is 1. The number of aliphatic imine (C=N–C) groups is 1. The fourth-order valence-electron chi connectivity index (χ4n) is 1.32. The predicted molar refractivity (Wildman–Crippen MR) is 57.8 cm³/mol. The molecule has 1 aromatic carbocycles. The van der Waals surface area contributed by atoms with Gasteiger partial charge in [-0.25, -0.2) is 4.79 Å². The fraction of sp³-hybridized carbons (Fsp3) is 0. The summed E-state index contributed by atoms with van der Waals surface area (Å²) in [6.07, 6.45) is -1.16. The SMILES string of the molecule is O=C(O)n1nc(N=C=S)c2ccccc21. The molecule has 0 amide bonds. The van der Waals surface area contributed by atoms with Crippen LogP contribution in [-0.4, -0.2) is 26.1 Å². The van der Waals surface area contributed by atoms with Gasteiger partial charge in [0.15, 0.2) is 5.82 Å². The molecule has 1 N–H and O–H groups in total. The first-order chi connectivity index (χ1) is 7.24. The predicted octanol–water partition coefficient (Wildman–Crippen LogP) is 2.30. The van der Waals surface area contributed by atoms with E-state index in [0.717, 1.165) is 4.68 Å². The molecule has 0 bridgehead atoms. The number of rotatable bonds is 1. The van der Waals surface area contributed by atoms with Gasteiger partial charge in [0, 0.05) is 5.39 Å². The van der Waals surface area contributed by atoms with E-state index in [9.17, 15) is 4.79 Å². The Morgan fingerprint density at radius 1 is 1.53 bits per heavy atom. The molecule has 15 heavy (non-hydrogen) atoms. The normalized spacial score (nSPS) is 9.87. The van der Waals surface area contributed by atoms with E-state index in [1.807, 2.05) is 0 Å². The fourth-order valence-corrected chi connectivity index (χ4v) is 1.41. The molecular formula is C9H5N3O2S. The monoisotopic (exact) mass is 219 g/mol. The lowest BCUT2D eigenvalue weighted by atomic mass is 10.2. The van der Waals surface area contributed by atoms with E-state index in [2.05, 4.69) is 27.5 Å². The number of carboxylic acid groups (broad SMARTS) is 1. The summed E-state index contributed by atoms with van der Waals surface area (Å²) in [7, 11) is 0. The lowest BCUT2D eigenvalue weighted by Crippen LogP contribution is -2.08. The third-order valence-corrected chi connectivity index (χ3v) is 1.99. The van der Waals surface area contributed by atoms with Crippen LogP contribution in [0.1, 0.15) is 0 Å². The highest BCUT2D eigenvalue weighted by atomic mass is 32.1. The van der Waals surface area contributed by atoms with Crippen molar-refractivity contribution >= 4 is 40.2 Å². The summed E-state index contributed by atoms with van der Waals surface area (Å²) in [5.41, 5.74) is 0.481. The van der Waals surface area contributed by atoms with Gasteiger partial charge in [-0.05, 0) is 24.4 Å². The van der Waals surface area contributed by atoms with Crippen molar-refractivity contribution in [3.05, 3.63) is 24.3 Å². The summed E-state index contributed by atoms with van der Waals surface area (Å²) in [6.45, 7) is 0. The maximum atomic E-state index is 10.8. The van der Waals surface area contributed by atoms with E-state index >= 15 is 0 Å². The molecule has 0 saturated heterocycles. The third-order valence-electron chi connectivity index (χ3n) is 1.90. The van der Waals surface area contributed by atoms with Gasteiger partial charge in [-0.3, -0.25) is 0 Å². The van der Waals surface area contributed by atoms with Crippen molar-refractivity contribution in [3.63, 3.8) is 0 Å². The molecule has 74 valence electrons. The average Bonchev–Trinajstić information content (AvgIpc) is 2.59. The van der Waals surface area contributed by atoms with Gasteiger partial charge in [-0.1, -0.05) is 12.1 Å². The Bertz CT molecular complexity index is 548. The van der Waals surface area contributed by atoms with E-state index < -0.39 is 6.09 Å². The number of nitrogens with zero attached hydrogens (tertiary/aromatic N) is 3. The highest BCUT2D eigenvalue weighted by Gasteiger charge is 2.12. The van der Waals surface area contributed by atoms with Crippen LogP contribution in [0.5, 0.6) is 0 Å². The van der Waals surface area contributed by atoms with E-state index in [4.69, 9.17) is 5.11 Å². The molecule has 5 nitrogen and oxygen atoms in total. The zero-order valence-electron chi connectivity index (χ0n) is 7.41. The van der Waals surface area contributed by atoms with Crippen LogP contribution < -0.4 is 0 Å². The first kappa shape index (κ1) is 9.51. The number of para-hydroxylation sites is 1. The molecule has 0 saturated carbocycles. The van der Waals surface area contributed by atoms with E-state index in [1.54, 1.807) is 24.3 Å². The molecule has 1 heterocycles. The van der Waals surface area contributed by atoms with Crippen LogP contribution in [-0.2, 0) is 0 Å². The summed E-state index contributed by atoms with van der Waals surface area (Å²) in [5.74, 6) is 0.267. The summed E-state index contributed by atoms with van der Waals surface area (Å²) >= 11 is 4.46. The highest BCUT2D eigenvalue weighted by Crippen LogP contribution is 2.24. The van der Waals surface area contributed by atoms with E-state index in [-0.39, 0.29) is 5.82 Å². The van der Waals surface area contributed by atoms with Crippen LogP contribution in [0.3, 0.4) is 0 Å². The molecule has 0 spiro atoms. The van der Waals surface area contributed by atoms with Crippen LogP contribution in [0.2, 0.25) is 0 Å². The Morgan fingerprint density at radius 3 is 2.93 bits per heavy atom. The Hall–Kier alpha value is -2.04. The van der Waals surface area contributed by atoms with Gasteiger partial charge in [0.2, 0.25) is 0 Å². The number of isothiocyanates is 1. The molecule has 0 radical (unpaired) electrons. The van der Waals surface area contributed by atoms with Crippen molar-refractivity contribution < 1.29 is 9.90 Å². The molecule has 1 aromatic heterocycles. The minimum Gasteiger partial charge on any atom is -0.463 e. The summed E-state index contributed by atoms with van der Waals surface area (Å²) in [5, 5.41) is 15.5. The van der Waals surface area contributed by atoms with E-state index in [0.29, 0.717) is 10.9 Å². The topological polar surface area (TPSA) is 67.5 Å². The summed E-state index contributed by atoms with van der Waals surface area (Å²) < 4.78 is 0.862. The van der Waals surface area contributed by atoms with Gasteiger partial charge >= 0.3 is 6.09 Å². The van der Waals surface area contributed by atoms with Crippen molar-refractivity contribution in [1.29, 1.82) is 0 Å². The average molecular weight is 219 g/mol. The number of aromatic nitrogens is 2. The molecule has 0 atom stereocenters. The summed E-state index contributed by atoms with van der Waals surface area (Å²) in [4.78, 5) is 14.6. The highest BCUT2D eigenvalue weighted by molar-refractivity contribution is 7.78. The molecule has 0 aliphatic heterocycles. The van der Waals surface area contributed by atoms with Gasteiger partial charge in [-0.2, -0.15) is 9.67 Å². The molecule has 0 aliphatic carbocycles. The second-order valence-electron chi connectivity index (χ2n) is 2.74. The standard InChI is InChI=1S/C9H5N3O2S/c13-9(14)12-7-4-2-1-3-6(7)8(11-12)10-5-15/h1-4H,(H,13,14). The molecule has 2 aromatic rings. The van der Waals surface area contributed by atoms with Crippen molar-refractivity contribution in [3.8, 4) is 0 Å². The van der Waals surface area contributed by atoms with Crippen LogP contribution >= 0.6 is 12.2 Å². The van der Waals surface area contributed by atoms with Crippen molar-refractivity contribution in [2.24, 2.45) is 4.99 Å². The Balaban J connectivity index is 2.84. The first-order valence-electron chi connectivity index (χ1n) is 4.03. The zero-order chi connectivity index (χ0) is 10.8. The maximum Gasteiger partial charge on any atom is 0.432 e. The third kappa shape index (κ3) is 1.52. The van der Waals surface area contributed by atoms with Crippen LogP contribution in [0.4, 0.5) is 10.6 Å². The van der Waals surface area contributed by atoms with Gasteiger partial charge in [-0.15, -0.1) is 5.10 Å². The molecular weight excluding hydrogens is 214 g/mol. The second-order valence-corrected chi connectivity index (χ2v) is 2.92. The van der Waals surface area contributed by atoms with Crippen LogP contribution in [0.25, 0.3) is 10.9 Å². The van der Waals surface area contributed by atoms with Gasteiger partial charge in [0.1, 0.15) is 0 Å². The van der Waals surface area contributed by atoms with Crippen molar-refractivity contribution in [1.82, 2.24) is 9.78 Å². The largest absolute Gasteiger partial charge is 0.463 e. The lowest BCUT2D eigenvalue weighted by molar-refractivity contribution is 0.194. The zero-order valence-corrected chi connectivity index (χ0v) is 8.23. The number of fused-ring (bicyclic) bond motifs is 1. The van der Waals surface area contributed by atoms with Gasteiger partial charge < -0.3 is 5.11 Å². The minimum atomic E-state index is -1.16. The molecule has 2 rings (SSSR count). The smallest absolute Gasteiger partial charge is 0.432 e. The summed E-state index contributed by atoms with van der Waals surface area (Å²) in [6, 6.07) is 6.89. The Morgan fingerprint density at radius 2 is 2.27 bits per heavy atom. The van der Waals surface area contributed by atoms with E-state index in [1.165, 1.54) is 0 Å². The van der Waals surface area contributed by atoms with Crippen molar-refractivity contribution in [2.45, 2.75) is 0 Å². The first-order valence-corrected chi connectivity index (χ1v) is 4.44. The molecule has 0 aliphatic rings. The quantitative estimate of drug-likeness (QED) is 0.590. The Kier molecular flexibility index (Phi) is 2.29.